The van der Waals surface area contributed by atoms with Crippen LogP contribution in [0, 0.1) is 0 Å². The molecule has 2 aliphatic rings. The van der Waals surface area contributed by atoms with Gasteiger partial charge in [0.1, 0.15) is 23.4 Å². The zero-order valence-corrected chi connectivity index (χ0v) is 18.9. The van der Waals surface area contributed by atoms with Gasteiger partial charge in [0.05, 0.1) is 25.9 Å². The maximum absolute atomic E-state index is 13.2. The fraction of sp³-hybridized carbons (Fsp3) is 0.240. The molecule has 0 radical (unpaired) electrons. The highest BCUT2D eigenvalue weighted by molar-refractivity contribution is 5.98. The third-order valence-electron chi connectivity index (χ3n) is 5.79. The predicted molar refractivity (Wildman–Crippen MR) is 124 cm³/mol. The van der Waals surface area contributed by atoms with Crippen LogP contribution in [0.1, 0.15) is 40.5 Å². The van der Waals surface area contributed by atoms with Gasteiger partial charge in [-0.2, -0.15) is 0 Å². The number of ketones is 1. The first-order valence-corrected chi connectivity index (χ1v) is 11.1. The molecule has 0 aliphatic carbocycles. The van der Waals surface area contributed by atoms with Gasteiger partial charge >= 0.3 is 5.63 Å². The van der Waals surface area contributed by atoms with Gasteiger partial charge in [0.15, 0.2) is 17.3 Å². The Morgan fingerprint density at radius 2 is 2.06 bits per heavy atom. The van der Waals surface area contributed by atoms with Crippen molar-refractivity contribution in [3.05, 3.63) is 82.0 Å². The van der Waals surface area contributed by atoms with E-state index in [1.807, 2.05) is 0 Å². The third-order valence-corrected chi connectivity index (χ3v) is 5.79. The number of benzene rings is 2. The van der Waals surface area contributed by atoms with Crippen molar-refractivity contribution in [1.29, 1.82) is 0 Å². The number of nitrogens with one attached hydrogen (secondary N) is 1. The highest BCUT2D eigenvalue weighted by Gasteiger charge is 2.24. The van der Waals surface area contributed by atoms with Gasteiger partial charge in [-0.1, -0.05) is 29.5 Å². The molecule has 2 aromatic carbocycles. The van der Waals surface area contributed by atoms with Crippen molar-refractivity contribution in [2.75, 3.05) is 7.11 Å². The van der Waals surface area contributed by atoms with Gasteiger partial charge in [0.25, 0.3) is 0 Å². The summed E-state index contributed by atoms with van der Waals surface area (Å²) in [5.74, 6) is 0.191. The number of ether oxygens (including phenoxy) is 2. The Morgan fingerprint density at radius 1 is 1.20 bits per heavy atom. The van der Waals surface area contributed by atoms with Crippen LogP contribution in [0.5, 0.6) is 11.5 Å². The Bertz CT molecular complexity index is 1470. The van der Waals surface area contributed by atoms with Crippen molar-refractivity contribution in [3.63, 3.8) is 0 Å². The van der Waals surface area contributed by atoms with Crippen LogP contribution in [0.2, 0.25) is 0 Å². The number of methoxy groups -OCH3 is 1. The molecule has 1 unspecified atom stereocenters. The van der Waals surface area contributed by atoms with Crippen molar-refractivity contribution < 1.29 is 23.5 Å². The summed E-state index contributed by atoms with van der Waals surface area (Å²) in [5.41, 5.74) is 0.863. The molecule has 0 fully saturated rings. The maximum Gasteiger partial charge on any atom is 0.347 e. The molecule has 1 N–H and O–H groups in total. The maximum atomic E-state index is 13.2. The number of rotatable bonds is 4. The van der Waals surface area contributed by atoms with E-state index in [-0.39, 0.29) is 30.9 Å². The molecule has 0 saturated carbocycles. The minimum Gasteiger partial charge on any atom is -0.493 e. The molecule has 1 atom stereocenters. The molecule has 0 spiro atoms. The first kappa shape index (κ1) is 22.3. The van der Waals surface area contributed by atoms with E-state index in [0.29, 0.717) is 40.3 Å². The summed E-state index contributed by atoms with van der Waals surface area (Å²) in [6, 6.07) is 12.9. The lowest BCUT2D eigenvalue weighted by Gasteiger charge is -2.20. The molecular weight excluding hydrogens is 452 g/mol. The first-order valence-electron chi connectivity index (χ1n) is 11.1. The van der Waals surface area contributed by atoms with Gasteiger partial charge < -0.3 is 19.2 Å². The van der Waals surface area contributed by atoms with Gasteiger partial charge in [-0.25, -0.2) is 4.79 Å². The van der Waals surface area contributed by atoms with E-state index in [0.717, 1.165) is 0 Å². The fourth-order valence-corrected chi connectivity index (χ4v) is 3.97. The molecular formula is C25H22N4O6. The van der Waals surface area contributed by atoms with E-state index in [9.17, 15) is 14.4 Å². The SMILES string of the molecule is COc1cc2ccc1OCc1cn(nn1)CCC(=O)NC2CC(=O)c1cc2ccccc2oc1=O. The number of Topliss-reactive ketones (excluding diaryl/α,β-unsaturated/α-hetero) is 1. The minimum absolute atomic E-state index is 0.0700. The summed E-state index contributed by atoms with van der Waals surface area (Å²) >= 11 is 0. The first-order chi connectivity index (χ1) is 17.0. The van der Waals surface area contributed by atoms with E-state index in [1.165, 1.54) is 13.2 Å². The number of nitrogens with zero attached hydrogens (tertiary/aromatic N) is 3. The fourth-order valence-electron chi connectivity index (χ4n) is 3.97. The molecule has 0 saturated heterocycles. The molecule has 2 aliphatic heterocycles. The van der Waals surface area contributed by atoms with Gasteiger partial charge in [-0.3, -0.25) is 14.3 Å². The smallest absolute Gasteiger partial charge is 0.347 e. The van der Waals surface area contributed by atoms with E-state index < -0.39 is 17.5 Å². The summed E-state index contributed by atoms with van der Waals surface area (Å²) in [6.45, 7) is 0.496. The van der Waals surface area contributed by atoms with E-state index in [4.69, 9.17) is 13.9 Å². The zero-order valence-electron chi connectivity index (χ0n) is 18.9. The predicted octanol–water partition coefficient (Wildman–Crippen LogP) is 2.81. The molecule has 4 bridgehead atoms. The van der Waals surface area contributed by atoms with Gasteiger partial charge in [-0.05, 0) is 29.8 Å². The van der Waals surface area contributed by atoms with Crippen LogP contribution in [0.15, 0.2) is 63.9 Å². The molecule has 35 heavy (non-hydrogen) atoms. The molecule has 178 valence electrons. The van der Waals surface area contributed by atoms with E-state index >= 15 is 0 Å². The Morgan fingerprint density at radius 3 is 2.91 bits per heavy atom. The van der Waals surface area contributed by atoms with Crippen LogP contribution >= 0.6 is 0 Å². The summed E-state index contributed by atoms with van der Waals surface area (Å²) in [7, 11) is 1.50. The average Bonchev–Trinajstić information content (AvgIpc) is 3.32. The van der Waals surface area contributed by atoms with Crippen molar-refractivity contribution in [3.8, 4) is 11.5 Å². The zero-order chi connectivity index (χ0) is 24.4. The second-order valence-electron chi connectivity index (χ2n) is 8.15. The number of carbonyl (C=O) groups is 2. The van der Waals surface area contributed by atoms with Crippen LogP contribution in [-0.2, 0) is 17.9 Å². The number of hydrogen-bond donors (Lipinski definition) is 1. The Balaban J connectivity index is 1.48. The summed E-state index contributed by atoms with van der Waals surface area (Å²) in [5, 5.41) is 11.6. The van der Waals surface area contributed by atoms with Crippen molar-refractivity contribution >= 4 is 22.7 Å². The number of hydrogen-bond acceptors (Lipinski definition) is 8. The van der Waals surface area contributed by atoms with Crippen LogP contribution in [-0.4, -0.2) is 33.8 Å². The number of para-hydroxylation sites is 1. The second kappa shape index (κ2) is 9.41. The standard InChI is InChI=1S/C25H22N4O6/c1-33-23-11-15-6-7-22(23)34-14-17-13-29(28-27-17)9-8-24(31)26-19(15)12-20(30)18-10-16-4-2-3-5-21(16)35-25(18)32/h2-7,10-11,13,19H,8-9,12,14H2,1H3,(H,26,31). The Hall–Kier alpha value is -4.47. The summed E-state index contributed by atoms with van der Waals surface area (Å²) in [4.78, 5) is 38.5. The molecule has 10 heteroatoms. The topological polar surface area (TPSA) is 126 Å². The Labute approximate surface area is 199 Å². The average molecular weight is 474 g/mol. The highest BCUT2D eigenvalue weighted by atomic mass is 16.5. The van der Waals surface area contributed by atoms with Crippen molar-refractivity contribution in [1.82, 2.24) is 20.3 Å². The molecule has 4 aromatic rings. The van der Waals surface area contributed by atoms with Crippen LogP contribution < -0.4 is 20.4 Å². The minimum atomic E-state index is -0.718. The largest absolute Gasteiger partial charge is 0.493 e. The van der Waals surface area contributed by atoms with Crippen LogP contribution in [0.4, 0.5) is 0 Å². The Kier molecular flexibility index (Phi) is 6.01. The summed E-state index contributed by atoms with van der Waals surface area (Å²) in [6.07, 6.45) is 1.69. The number of fused-ring (bicyclic) bond motifs is 8. The van der Waals surface area contributed by atoms with Crippen LogP contribution in [0.3, 0.4) is 0 Å². The molecule has 4 heterocycles. The number of aromatic nitrogens is 3. The van der Waals surface area contributed by atoms with Crippen LogP contribution in [0.25, 0.3) is 11.0 Å². The highest BCUT2D eigenvalue weighted by Crippen LogP contribution is 2.32. The normalized spacial score (nSPS) is 15.8. The van der Waals surface area contributed by atoms with Crippen molar-refractivity contribution in [2.45, 2.75) is 32.0 Å². The van der Waals surface area contributed by atoms with E-state index in [2.05, 4.69) is 15.6 Å². The lowest BCUT2D eigenvalue weighted by atomic mass is 9.97. The van der Waals surface area contributed by atoms with Gasteiger partial charge in [-0.15, -0.1) is 5.10 Å². The van der Waals surface area contributed by atoms with Gasteiger partial charge in [0, 0.05) is 18.2 Å². The third kappa shape index (κ3) is 4.77. The van der Waals surface area contributed by atoms with Crippen molar-refractivity contribution in [2.24, 2.45) is 0 Å². The molecule has 1 amide bonds. The molecule has 2 aromatic heterocycles. The van der Waals surface area contributed by atoms with E-state index in [1.54, 1.807) is 53.3 Å². The lowest BCUT2D eigenvalue weighted by molar-refractivity contribution is -0.122. The summed E-state index contributed by atoms with van der Waals surface area (Å²) < 4.78 is 18.2. The quantitative estimate of drug-likeness (QED) is 0.354. The second-order valence-corrected chi connectivity index (χ2v) is 8.15. The molecule has 6 rings (SSSR count). The monoisotopic (exact) mass is 474 g/mol. The number of carbonyl (C=O) groups excluding carboxylic acids is 2. The number of amides is 1. The molecule has 10 nitrogen and oxygen atoms in total. The van der Waals surface area contributed by atoms with Gasteiger partial charge in [0.2, 0.25) is 5.91 Å². The number of aryl methyl sites for hydroxylation is 1. The lowest BCUT2D eigenvalue weighted by Crippen LogP contribution is -2.31.